The van der Waals surface area contributed by atoms with Crippen molar-refractivity contribution in [3.63, 3.8) is 0 Å². The van der Waals surface area contributed by atoms with E-state index in [9.17, 15) is 4.79 Å². The van der Waals surface area contributed by atoms with Gasteiger partial charge in [-0.3, -0.25) is 4.79 Å². The fourth-order valence-corrected chi connectivity index (χ4v) is 2.56. The topological polar surface area (TPSA) is 20.3 Å². The van der Waals surface area contributed by atoms with Crippen LogP contribution in [0.3, 0.4) is 0 Å². The van der Waals surface area contributed by atoms with E-state index in [2.05, 4.69) is 22.9 Å². The van der Waals surface area contributed by atoms with Crippen molar-refractivity contribution in [3.8, 4) is 0 Å². The normalized spacial score (nSPS) is 26.9. The summed E-state index contributed by atoms with van der Waals surface area (Å²) >= 11 is 5.23. The Kier molecular flexibility index (Phi) is 3.90. The van der Waals surface area contributed by atoms with Gasteiger partial charge in [0.1, 0.15) is 0 Å². The van der Waals surface area contributed by atoms with Crippen molar-refractivity contribution in [3.05, 3.63) is 0 Å². The van der Waals surface area contributed by atoms with E-state index in [1.807, 2.05) is 23.6 Å². The number of nitrogens with zero attached hydrogens (tertiary/aromatic N) is 1. The Morgan fingerprint density at radius 2 is 2.42 bits per heavy atom. The smallest absolute Gasteiger partial charge is 0.236 e. The number of amides is 1. The minimum absolute atomic E-state index is 0.0388. The zero-order valence-electron chi connectivity index (χ0n) is 7.42. The lowest BCUT2D eigenvalue weighted by Gasteiger charge is -2.33. The SMILES string of the molecule is CC(Br)C(=O)N1CCSCC1C. The molecule has 2 atom stereocenters. The zero-order valence-corrected chi connectivity index (χ0v) is 9.82. The lowest BCUT2D eigenvalue weighted by Crippen LogP contribution is -2.46. The summed E-state index contributed by atoms with van der Waals surface area (Å²) in [4.78, 5) is 13.5. The standard InChI is InChI=1S/C8H14BrNOS/c1-6-5-12-4-3-10(6)8(11)7(2)9/h6-7H,3-5H2,1-2H3. The second-order valence-corrected chi connectivity index (χ2v) is 5.59. The van der Waals surface area contributed by atoms with E-state index in [0.717, 1.165) is 18.1 Å². The van der Waals surface area contributed by atoms with Gasteiger partial charge in [0.2, 0.25) is 5.91 Å². The number of halogens is 1. The Bertz CT molecular complexity index is 174. The van der Waals surface area contributed by atoms with Gasteiger partial charge in [-0.25, -0.2) is 0 Å². The van der Waals surface area contributed by atoms with Crippen molar-refractivity contribution in [1.82, 2.24) is 4.90 Å². The predicted molar refractivity (Wildman–Crippen MR) is 56.9 cm³/mol. The van der Waals surface area contributed by atoms with Gasteiger partial charge in [-0.1, -0.05) is 15.9 Å². The fourth-order valence-electron chi connectivity index (χ4n) is 1.28. The molecule has 0 spiro atoms. The third-order valence-electron chi connectivity index (χ3n) is 1.99. The van der Waals surface area contributed by atoms with E-state index in [-0.39, 0.29) is 10.7 Å². The molecule has 1 fully saturated rings. The van der Waals surface area contributed by atoms with Crippen LogP contribution in [-0.4, -0.2) is 39.7 Å². The molecule has 2 unspecified atom stereocenters. The zero-order chi connectivity index (χ0) is 9.14. The molecule has 0 saturated carbocycles. The van der Waals surface area contributed by atoms with Gasteiger partial charge in [-0.2, -0.15) is 11.8 Å². The molecule has 12 heavy (non-hydrogen) atoms. The summed E-state index contributed by atoms with van der Waals surface area (Å²) < 4.78 is 0. The summed E-state index contributed by atoms with van der Waals surface area (Å²) in [5, 5.41) is 0. The van der Waals surface area contributed by atoms with Crippen LogP contribution in [0.15, 0.2) is 0 Å². The second kappa shape index (κ2) is 4.51. The molecular formula is C8H14BrNOS. The van der Waals surface area contributed by atoms with Gasteiger partial charge in [0.25, 0.3) is 0 Å². The molecule has 0 N–H and O–H groups in total. The number of hydrogen-bond acceptors (Lipinski definition) is 2. The first-order valence-electron chi connectivity index (χ1n) is 4.15. The second-order valence-electron chi connectivity index (χ2n) is 3.07. The van der Waals surface area contributed by atoms with Gasteiger partial charge in [-0.15, -0.1) is 0 Å². The summed E-state index contributed by atoms with van der Waals surface area (Å²) in [6.07, 6.45) is 0. The van der Waals surface area contributed by atoms with Crippen LogP contribution < -0.4 is 0 Å². The van der Waals surface area contributed by atoms with Gasteiger partial charge in [0.05, 0.1) is 4.83 Å². The number of hydrogen-bond donors (Lipinski definition) is 0. The predicted octanol–water partition coefficient (Wildman–Crippen LogP) is 1.73. The van der Waals surface area contributed by atoms with Crippen LogP contribution in [0.2, 0.25) is 0 Å². The van der Waals surface area contributed by atoms with Crippen molar-refractivity contribution in [1.29, 1.82) is 0 Å². The van der Waals surface area contributed by atoms with E-state index in [0.29, 0.717) is 6.04 Å². The van der Waals surface area contributed by atoms with E-state index < -0.39 is 0 Å². The van der Waals surface area contributed by atoms with Gasteiger partial charge < -0.3 is 4.90 Å². The summed E-state index contributed by atoms with van der Waals surface area (Å²) in [6, 6.07) is 0.399. The van der Waals surface area contributed by atoms with Crippen LogP contribution in [0.4, 0.5) is 0 Å². The lowest BCUT2D eigenvalue weighted by molar-refractivity contribution is -0.131. The molecule has 0 aromatic heterocycles. The van der Waals surface area contributed by atoms with E-state index in [1.54, 1.807) is 0 Å². The first-order valence-corrected chi connectivity index (χ1v) is 6.22. The maximum Gasteiger partial charge on any atom is 0.236 e. The summed E-state index contributed by atoms with van der Waals surface area (Å²) in [5.41, 5.74) is 0. The molecule has 4 heteroatoms. The Hall–Kier alpha value is 0.300. The van der Waals surface area contributed by atoms with Crippen LogP contribution in [0.25, 0.3) is 0 Å². The first kappa shape index (κ1) is 10.4. The summed E-state index contributed by atoms with van der Waals surface area (Å²) in [7, 11) is 0. The third kappa shape index (κ3) is 2.39. The van der Waals surface area contributed by atoms with Crippen LogP contribution in [0.5, 0.6) is 0 Å². The molecule has 1 aliphatic rings. The minimum atomic E-state index is -0.0388. The van der Waals surface area contributed by atoms with Crippen molar-refractivity contribution in [2.24, 2.45) is 0 Å². The van der Waals surface area contributed by atoms with Crippen LogP contribution >= 0.6 is 27.7 Å². The maximum atomic E-state index is 11.6. The highest BCUT2D eigenvalue weighted by molar-refractivity contribution is 9.10. The van der Waals surface area contributed by atoms with Crippen molar-refractivity contribution < 1.29 is 4.79 Å². The Morgan fingerprint density at radius 1 is 1.75 bits per heavy atom. The quantitative estimate of drug-likeness (QED) is 0.662. The Morgan fingerprint density at radius 3 is 2.92 bits per heavy atom. The van der Waals surface area contributed by atoms with Gasteiger partial charge in [0, 0.05) is 24.1 Å². The van der Waals surface area contributed by atoms with Gasteiger partial charge in [-0.05, 0) is 13.8 Å². The minimum Gasteiger partial charge on any atom is -0.337 e. The molecule has 1 amide bonds. The number of carbonyl (C=O) groups excluding carboxylic acids is 1. The van der Waals surface area contributed by atoms with E-state index in [1.165, 1.54) is 0 Å². The molecule has 0 aromatic rings. The highest BCUT2D eigenvalue weighted by Gasteiger charge is 2.25. The van der Waals surface area contributed by atoms with Gasteiger partial charge >= 0.3 is 0 Å². The number of alkyl halides is 1. The molecule has 0 aliphatic carbocycles. The Labute approximate surface area is 86.2 Å². The molecule has 0 aromatic carbocycles. The largest absolute Gasteiger partial charge is 0.337 e. The molecule has 0 bridgehead atoms. The Balaban J connectivity index is 2.53. The van der Waals surface area contributed by atoms with E-state index >= 15 is 0 Å². The number of carbonyl (C=O) groups is 1. The van der Waals surface area contributed by atoms with Crippen LogP contribution in [-0.2, 0) is 4.79 Å². The highest BCUT2D eigenvalue weighted by atomic mass is 79.9. The fraction of sp³-hybridized carbons (Fsp3) is 0.875. The third-order valence-corrected chi connectivity index (χ3v) is 3.57. The average Bonchev–Trinajstić information content (AvgIpc) is 2.04. The number of rotatable bonds is 1. The average molecular weight is 252 g/mol. The molecule has 0 radical (unpaired) electrons. The van der Waals surface area contributed by atoms with E-state index in [4.69, 9.17) is 0 Å². The summed E-state index contributed by atoms with van der Waals surface area (Å²) in [6.45, 7) is 4.90. The molecule has 1 rings (SSSR count). The van der Waals surface area contributed by atoms with Gasteiger partial charge in [0.15, 0.2) is 0 Å². The van der Waals surface area contributed by atoms with Crippen molar-refractivity contribution >= 4 is 33.6 Å². The van der Waals surface area contributed by atoms with Crippen LogP contribution in [0.1, 0.15) is 13.8 Å². The summed E-state index contributed by atoms with van der Waals surface area (Å²) in [5.74, 6) is 2.38. The molecule has 70 valence electrons. The van der Waals surface area contributed by atoms with Crippen LogP contribution in [0, 0.1) is 0 Å². The first-order chi connectivity index (χ1) is 5.63. The van der Waals surface area contributed by atoms with Crippen molar-refractivity contribution in [2.75, 3.05) is 18.1 Å². The molecule has 1 aliphatic heterocycles. The van der Waals surface area contributed by atoms with Crippen molar-refractivity contribution in [2.45, 2.75) is 24.7 Å². The maximum absolute atomic E-state index is 11.6. The molecular weight excluding hydrogens is 238 g/mol. The number of thioether (sulfide) groups is 1. The lowest BCUT2D eigenvalue weighted by atomic mass is 10.3. The molecule has 2 nitrogen and oxygen atoms in total. The molecule has 1 saturated heterocycles. The molecule has 1 heterocycles. The highest BCUT2D eigenvalue weighted by Crippen LogP contribution is 2.18. The monoisotopic (exact) mass is 251 g/mol.